The number of nitrogens with one attached hydrogen (secondary N) is 1. The van der Waals surface area contributed by atoms with Crippen LogP contribution in [0.25, 0.3) is 0 Å². The molecule has 3 aromatic rings. The van der Waals surface area contributed by atoms with E-state index < -0.39 is 0 Å². The average Bonchev–Trinajstić information content (AvgIpc) is 3.44. The second-order valence-corrected chi connectivity index (χ2v) is 11.8. The normalized spacial score (nSPS) is 20.1. The number of carbonyl (C=O) groups is 2. The number of methoxy groups -OCH3 is 1. The van der Waals surface area contributed by atoms with Gasteiger partial charge in [-0.15, -0.1) is 0 Å². The second-order valence-electron chi connectivity index (χ2n) is 11.4. The zero-order valence-corrected chi connectivity index (χ0v) is 25.8. The molecule has 4 atom stereocenters. The molecular weight excluding hydrogens is 550 g/mol. The summed E-state index contributed by atoms with van der Waals surface area (Å²) in [6, 6.07) is 20.0. The Bertz CT molecular complexity index is 1430. The van der Waals surface area contributed by atoms with Crippen molar-refractivity contribution in [3.8, 4) is 11.5 Å². The van der Waals surface area contributed by atoms with Gasteiger partial charge in [-0.3, -0.25) is 14.5 Å². The maximum Gasteiger partial charge on any atom is 0.232 e. The first-order chi connectivity index (χ1) is 20.2. The van der Waals surface area contributed by atoms with E-state index in [9.17, 15) is 9.59 Å². The van der Waals surface area contributed by atoms with Gasteiger partial charge in [0.05, 0.1) is 25.7 Å². The zero-order valence-electron chi connectivity index (χ0n) is 25.0. The number of benzene rings is 3. The molecule has 0 spiro atoms. The average molecular weight is 590 g/mol. The van der Waals surface area contributed by atoms with Crippen molar-refractivity contribution in [2.45, 2.75) is 71.2 Å². The van der Waals surface area contributed by atoms with Gasteiger partial charge in [0, 0.05) is 42.8 Å². The van der Waals surface area contributed by atoms with Gasteiger partial charge in [0.25, 0.3) is 0 Å². The van der Waals surface area contributed by atoms with Gasteiger partial charge in [-0.1, -0.05) is 42.8 Å². The first-order valence-corrected chi connectivity index (χ1v) is 15.1. The van der Waals surface area contributed by atoms with Crippen molar-refractivity contribution in [1.82, 2.24) is 10.2 Å². The highest BCUT2D eigenvalue weighted by Crippen LogP contribution is 2.44. The molecule has 1 saturated heterocycles. The molecule has 0 saturated carbocycles. The van der Waals surface area contributed by atoms with E-state index in [4.69, 9.17) is 21.1 Å². The Morgan fingerprint density at radius 1 is 1.07 bits per heavy atom. The highest BCUT2D eigenvalue weighted by atomic mass is 35.5. The minimum atomic E-state index is -0.357. The molecule has 7 nitrogen and oxygen atoms in total. The number of fused-ring (bicyclic) bond motifs is 1. The van der Waals surface area contributed by atoms with Gasteiger partial charge in [0.1, 0.15) is 0 Å². The summed E-state index contributed by atoms with van der Waals surface area (Å²) in [7, 11) is 1.63. The molecule has 0 aromatic heterocycles. The van der Waals surface area contributed by atoms with E-state index in [0.717, 1.165) is 48.3 Å². The summed E-state index contributed by atoms with van der Waals surface area (Å²) in [5, 5.41) is 3.68. The van der Waals surface area contributed by atoms with Crippen LogP contribution in [0.3, 0.4) is 0 Å². The molecular formula is C34H40ClN3O4. The van der Waals surface area contributed by atoms with Crippen molar-refractivity contribution in [1.29, 1.82) is 0 Å². The molecule has 2 unspecified atom stereocenters. The zero-order chi connectivity index (χ0) is 30.0. The van der Waals surface area contributed by atoms with Crippen molar-refractivity contribution >= 4 is 29.1 Å². The number of likely N-dealkylation sites (tertiary alicyclic amines) is 1. The Hall–Kier alpha value is -3.55. The van der Waals surface area contributed by atoms with Crippen LogP contribution in [-0.4, -0.2) is 49.1 Å². The van der Waals surface area contributed by atoms with Gasteiger partial charge < -0.3 is 19.7 Å². The number of rotatable bonds is 9. The first kappa shape index (κ1) is 29.9. The Morgan fingerprint density at radius 3 is 2.43 bits per heavy atom. The minimum Gasteiger partial charge on any atom is -0.493 e. The van der Waals surface area contributed by atoms with Crippen LogP contribution in [0.5, 0.6) is 11.5 Å². The molecule has 1 fully saturated rings. The van der Waals surface area contributed by atoms with Gasteiger partial charge in [0.15, 0.2) is 11.5 Å². The summed E-state index contributed by atoms with van der Waals surface area (Å²) in [5.74, 6) is 1.33. The predicted octanol–water partition coefficient (Wildman–Crippen LogP) is 6.48. The quantitative estimate of drug-likeness (QED) is 0.309. The van der Waals surface area contributed by atoms with Crippen molar-refractivity contribution in [3.05, 3.63) is 87.9 Å². The van der Waals surface area contributed by atoms with Crippen LogP contribution in [-0.2, 0) is 16.0 Å². The Kier molecular flexibility index (Phi) is 9.09. The number of halogens is 1. The lowest BCUT2D eigenvalue weighted by Gasteiger charge is -2.38. The monoisotopic (exact) mass is 589 g/mol. The fraction of sp³-hybridized carbons (Fsp3) is 0.412. The van der Waals surface area contributed by atoms with Crippen LogP contribution in [0.1, 0.15) is 74.9 Å². The molecule has 2 amide bonds. The van der Waals surface area contributed by atoms with E-state index in [1.54, 1.807) is 14.0 Å². The topological polar surface area (TPSA) is 71.1 Å². The van der Waals surface area contributed by atoms with Gasteiger partial charge >= 0.3 is 0 Å². The number of carbonyl (C=O) groups excluding carboxylic acids is 2. The Balaban J connectivity index is 1.50. The predicted molar refractivity (Wildman–Crippen MR) is 167 cm³/mol. The van der Waals surface area contributed by atoms with Crippen LogP contribution < -0.4 is 19.7 Å². The maximum atomic E-state index is 13.9. The van der Waals surface area contributed by atoms with Gasteiger partial charge in [0.2, 0.25) is 11.8 Å². The summed E-state index contributed by atoms with van der Waals surface area (Å²) >= 11 is 6.26. The largest absolute Gasteiger partial charge is 0.493 e. The van der Waals surface area contributed by atoms with E-state index in [-0.39, 0.29) is 42.5 Å². The number of nitrogens with zero attached hydrogens (tertiary/aromatic N) is 2. The third-order valence-corrected chi connectivity index (χ3v) is 8.76. The fourth-order valence-corrected chi connectivity index (χ4v) is 6.17. The van der Waals surface area contributed by atoms with E-state index in [1.807, 2.05) is 60.4 Å². The van der Waals surface area contributed by atoms with Crippen LogP contribution in [0.15, 0.2) is 60.7 Å². The highest BCUT2D eigenvalue weighted by molar-refractivity contribution is 6.30. The summed E-state index contributed by atoms with van der Waals surface area (Å²) < 4.78 is 11.9. The van der Waals surface area contributed by atoms with Crippen LogP contribution in [0.2, 0.25) is 5.02 Å². The molecule has 42 heavy (non-hydrogen) atoms. The minimum absolute atomic E-state index is 0.0126. The van der Waals surface area contributed by atoms with E-state index in [1.165, 1.54) is 5.56 Å². The fourth-order valence-electron chi connectivity index (χ4n) is 6.04. The lowest BCUT2D eigenvalue weighted by Crippen LogP contribution is -2.41. The van der Waals surface area contributed by atoms with E-state index in [0.29, 0.717) is 16.5 Å². The van der Waals surface area contributed by atoms with Crippen LogP contribution >= 0.6 is 11.6 Å². The molecule has 1 N–H and O–H groups in total. The molecule has 222 valence electrons. The second kappa shape index (κ2) is 12.8. The number of ether oxygens (including phenoxy) is 2. The maximum absolute atomic E-state index is 13.9. The third kappa shape index (κ3) is 6.27. The van der Waals surface area contributed by atoms with Crippen molar-refractivity contribution in [2.24, 2.45) is 0 Å². The molecule has 2 aliphatic rings. The highest BCUT2D eigenvalue weighted by Gasteiger charge is 2.36. The van der Waals surface area contributed by atoms with Gasteiger partial charge in [-0.2, -0.15) is 0 Å². The molecule has 8 heteroatoms. The summed E-state index contributed by atoms with van der Waals surface area (Å²) in [6.45, 7) is 9.64. The summed E-state index contributed by atoms with van der Waals surface area (Å²) in [6.07, 6.45) is 2.09. The number of anilines is 1. The van der Waals surface area contributed by atoms with Gasteiger partial charge in [-0.25, -0.2) is 0 Å². The molecule has 5 rings (SSSR count). The van der Waals surface area contributed by atoms with Crippen LogP contribution in [0.4, 0.5) is 5.69 Å². The van der Waals surface area contributed by atoms with E-state index in [2.05, 4.69) is 36.2 Å². The van der Waals surface area contributed by atoms with Crippen molar-refractivity contribution in [2.75, 3.05) is 25.1 Å². The first-order valence-electron chi connectivity index (χ1n) is 14.7. The SMILES string of the molecule is CC[C@@H](C)Oc1cc2c(cc1OC)CC(=O)N(c1ccc(C(C)N3CC[C@@H](NC(C)=O)C3)cc1)C2c1ccc(Cl)cc1. The number of hydrogen-bond donors (Lipinski definition) is 1. The Labute approximate surface area is 253 Å². The molecule has 0 radical (unpaired) electrons. The molecule has 2 heterocycles. The molecule has 0 bridgehead atoms. The standard InChI is InChI=1S/C34H40ClN3O4/c1-6-21(2)42-32-19-30-26(17-31(32)41-5)18-33(40)38(34(30)25-7-11-27(35)12-8-25)29-13-9-24(10-14-29)22(3)37-16-15-28(20-37)36-23(4)39/h7-14,17,19,21-22,28,34H,6,15-16,18,20H2,1-5H3,(H,36,39)/t21-,22?,28-,34?/m1/s1. The van der Waals surface area contributed by atoms with Crippen molar-refractivity contribution in [3.63, 3.8) is 0 Å². The number of hydrogen-bond acceptors (Lipinski definition) is 5. The van der Waals surface area contributed by atoms with Crippen LogP contribution in [0, 0.1) is 0 Å². The van der Waals surface area contributed by atoms with Crippen molar-refractivity contribution < 1.29 is 19.1 Å². The molecule has 0 aliphatic carbocycles. The molecule has 2 aliphatic heterocycles. The molecule has 3 aromatic carbocycles. The summed E-state index contributed by atoms with van der Waals surface area (Å²) in [5.41, 5.74) is 4.90. The van der Waals surface area contributed by atoms with Gasteiger partial charge in [-0.05, 0) is 85.3 Å². The Morgan fingerprint density at radius 2 is 1.79 bits per heavy atom. The third-order valence-electron chi connectivity index (χ3n) is 8.51. The van der Waals surface area contributed by atoms with E-state index >= 15 is 0 Å². The smallest absolute Gasteiger partial charge is 0.232 e. The lowest BCUT2D eigenvalue weighted by molar-refractivity contribution is -0.120. The number of amides is 2. The lowest BCUT2D eigenvalue weighted by atomic mass is 9.86. The summed E-state index contributed by atoms with van der Waals surface area (Å²) in [4.78, 5) is 29.6.